The average molecular weight is 480 g/mol. The van der Waals surface area contributed by atoms with E-state index >= 15 is 0 Å². The van der Waals surface area contributed by atoms with Gasteiger partial charge in [0, 0.05) is 11.1 Å². The van der Waals surface area contributed by atoms with Crippen LogP contribution < -0.4 is 0 Å². The van der Waals surface area contributed by atoms with E-state index in [2.05, 4.69) is 0 Å². The molecule has 4 nitrogen and oxygen atoms in total. The van der Waals surface area contributed by atoms with E-state index in [0.29, 0.717) is 22.9 Å². The highest BCUT2D eigenvalue weighted by Crippen LogP contribution is 2.42. The largest absolute Gasteiger partial charge is 0.439 e. The van der Waals surface area contributed by atoms with Gasteiger partial charge in [-0.2, -0.15) is 0 Å². The van der Waals surface area contributed by atoms with E-state index in [1.165, 1.54) is 0 Å². The molecule has 0 aliphatic rings. The summed E-state index contributed by atoms with van der Waals surface area (Å²) in [5, 5.41) is -1.06. The molecule has 4 aromatic carbocycles. The van der Waals surface area contributed by atoms with Gasteiger partial charge in [-0.15, -0.1) is 0 Å². The number of benzene rings is 4. The summed E-state index contributed by atoms with van der Waals surface area (Å²) >= 11 is 0. The quantitative estimate of drug-likeness (QED) is 0.259. The third-order valence-electron chi connectivity index (χ3n) is 6.08. The molecule has 174 valence electrons. The average Bonchev–Trinajstić information content (AvgIpc) is 3.30. The van der Waals surface area contributed by atoms with Gasteiger partial charge in [-0.05, 0) is 43.2 Å². The Morgan fingerprint density at radius 2 is 1.31 bits per heavy atom. The van der Waals surface area contributed by atoms with E-state index in [1.807, 2.05) is 111 Å². The van der Waals surface area contributed by atoms with Crippen LogP contribution in [-0.4, -0.2) is 13.4 Å². The molecule has 0 bridgehead atoms. The Balaban J connectivity index is 1.79. The minimum absolute atomic E-state index is 0.241. The van der Waals surface area contributed by atoms with Gasteiger partial charge in [0.1, 0.15) is 5.69 Å². The molecule has 35 heavy (non-hydrogen) atoms. The minimum Gasteiger partial charge on any atom is -0.439 e. The maximum atomic E-state index is 14.2. The van der Waals surface area contributed by atoms with Crippen molar-refractivity contribution in [2.75, 3.05) is 0 Å². The molecular weight excluding hydrogens is 454 g/mol. The van der Waals surface area contributed by atoms with Gasteiger partial charge in [-0.1, -0.05) is 96.6 Å². The second-order valence-corrected chi connectivity index (χ2v) is 10.6. The third kappa shape index (κ3) is 4.43. The van der Waals surface area contributed by atoms with Crippen LogP contribution in [0.2, 0.25) is 0 Å². The Labute approximate surface area is 205 Å². The highest BCUT2D eigenvalue weighted by Gasteiger charge is 2.37. The molecule has 0 amide bonds. The molecule has 0 aliphatic heterocycles. The summed E-state index contributed by atoms with van der Waals surface area (Å²) in [7, 11) is -3.87. The van der Waals surface area contributed by atoms with Crippen molar-refractivity contribution in [2.24, 2.45) is 0 Å². The number of aryl methyl sites for hydroxylation is 2. The van der Waals surface area contributed by atoms with Crippen molar-refractivity contribution >= 4 is 9.84 Å². The SMILES string of the molecule is Cc1ccc(S(=O)(=O)C(c2ccccc2)c2oc(-c3ccccc3C)nc2-c2ccccc2)cc1. The number of nitrogens with zero attached hydrogens (tertiary/aromatic N) is 1. The number of hydrogen-bond donors (Lipinski definition) is 0. The lowest BCUT2D eigenvalue weighted by Crippen LogP contribution is -2.15. The van der Waals surface area contributed by atoms with Crippen LogP contribution in [-0.2, 0) is 9.84 Å². The molecule has 0 saturated heterocycles. The lowest BCUT2D eigenvalue weighted by molar-refractivity contribution is 0.513. The van der Waals surface area contributed by atoms with E-state index in [1.54, 1.807) is 12.1 Å². The van der Waals surface area contributed by atoms with Gasteiger partial charge >= 0.3 is 0 Å². The van der Waals surface area contributed by atoms with E-state index in [0.717, 1.165) is 22.3 Å². The monoisotopic (exact) mass is 479 g/mol. The van der Waals surface area contributed by atoms with Crippen LogP contribution in [0.3, 0.4) is 0 Å². The summed E-state index contributed by atoms with van der Waals surface area (Å²) < 4.78 is 34.7. The summed E-state index contributed by atoms with van der Waals surface area (Å²) in [5.41, 5.74) is 4.76. The topological polar surface area (TPSA) is 60.2 Å². The van der Waals surface area contributed by atoms with Crippen molar-refractivity contribution in [3.63, 3.8) is 0 Å². The van der Waals surface area contributed by atoms with E-state index in [9.17, 15) is 8.42 Å². The van der Waals surface area contributed by atoms with Crippen LogP contribution >= 0.6 is 0 Å². The van der Waals surface area contributed by atoms with Gasteiger partial charge in [0.05, 0.1) is 4.90 Å². The fourth-order valence-corrected chi connectivity index (χ4v) is 5.95. The Morgan fingerprint density at radius 3 is 1.97 bits per heavy atom. The Morgan fingerprint density at radius 1 is 0.714 bits per heavy atom. The molecule has 1 heterocycles. The molecule has 5 heteroatoms. The first-order valence-corrected chi connectivity index (χ1v) is 13.0. The zero-order valence-electron chi connectivity index (χ0n) is 19.5. The number of aromatic nitrogens is 1. The first-order valence-electron chi connectivity index (χ1n) is 11.4. The smallest absolute Gasteiger partial charge is 0.227 e. The number of hydrogen-bond acceptors (Lipinski definition) is 4. The van der Waals surface area contributed by atoms with Crippen molar-refractivity contribution in [3.05, 3.63) is 132 Å². The maximum absolute atomic E-state index is 14.2. The molecule has 0 saturated carbocycles. The maximum Gasteiger partial charge on any atom is 0.227 e. The van der Waals surface area contributed by atoms with Gasteiger partial charge in [-0.25, -0.2) is 13.4 Å². The normalized spacial score (nSPS) is 12.4. The Bertz CT molecular complexity index is 1560. The lowest BCUT2D eigenvalue weighted by atomic mass is 10.0. The molecule has 5 aromatic rings. The summed E-state index contributed by atoms with van der Waals surface area (Å²) in [6.07, 6.45) is 0. The fourth-order valence-electron chi connectivity index (χ4n) is 4.20. The predicted molar refractivity (Wildman–Crippen MR) is 139 cm³/mol. The third-order valence-corrected chi connectivity index (χ3v) is 8.11. The van der Waals surface area contributed by atoms with Gasteiger partial charge in [0.25, 0.3) is 0 Å². The van der Waals surface area contributed by atoms with Gasteiger partial charge in [-0.3, -0.25) is 0 Å². The highest BCUT2D eigenvalue weighted by atomic mass is 32.2. The molecule has 0 aliphatic carbocycles. The summed E-state index contributed by atoms with van der Waals surface area (Å²) in [5.74, 6) is 0.707. The van der Waals surface area contributed by atoms with Crippen molar-refractivity contribution in [1.82, 2.24) is 4.98 Å². The molecule has 0 fully saturated rings. The number of rotatable bonds is 6. The minimum atomic E-state index is -3.87. The number of sulfone groups is 1. The van der Waals surface area contributed by atoms with E-state index < -0.39 is 15.1 Å². The zero-order valence-corrected chi connectivity index (χ0v) is 20.4. The summed E-state index contributed by atoms with van der Waals surface area (Å²) in [6.45, 7) is 3.92. The van der Waals surface area contributed by atoms with Crippen LogP contribution in [0.15, 0.2) is 119 Å². The molecular formula is C30H25NO3S. The molecule has 1 atom stereocenters. The summed E-state index contributed by atoms with van der Waals surface area (Å²) in [4.78, 5) is 5.09. The lowest BCUT2D eigenvalue weighted by Gasteiger charge is -2.18. The first-order chi connectivity index (χ1) is 16.9. The van der Waals surface area contributed by atoms with Crippen molar-refractivity contribution in [1.29, 1.82) is 0 Å². The second kappa shape index (κ2) is 9.35. The highest BCUT2D eigenvalue weighted by molar-refractivity contribution is 7.91. The molecule has 5 rings (SSSR count). The van der Waals surface area contributed by atoms with Gasteiger partial charge in [0.2, 0.25) is 5.89 Å². The molecule has 0 spiro atoms. The molecule has 1 unspecified atom stereocenters. The van der Waals surface area contributed by atoms with Crippen LogP contribution in [0.1, 0.15) is 27.7 Å². The van der Waals surface area contributed by atoms with Crippen molar-refractivity contribution in [3.8, 4) is 22.7 Å². The Kier molecular flexibility index (Phi) is 6.10. The van der Waals surface area contributed by atoms with Crippen LogP contribution in [0, 0.1) is 13.8 Å². The zero-order chi connectivity index (χ0) is 24.4. The second-order valence-electron chi connectivity index (χ2n) is 8.56. The Hall–Kier alpha value is -3.96. The van der Waals surface area contributed by atoms with Crippen LogP contribution in [0.4, 0.5) is 0 Å². The molecule has 0 radical (unpaired) electrons. The predicted octanol–water partition coefficient (Wildman–Crippen LogP) is 7.19. The van der Waals surface area contributed by atoms with Crippen LogP contribution in [0.25, 0.3) is 22.7 Å². The standard InChI is InChI=1S/C30H25NO3S/c1-21-17-19-25(20-18-21)35(32,33)29(24-14-7-4-8-15-24)28-27(23-12-5-3-6-13-23)31-30(34-28)26-16-10-9-11-22(26)2/h3-20,29H,1-2H3. The fraction of sp³-hybridized carbons (Fsp3) is 0.100. The summed E-state index contributed by atoms with van der Waals surface area (Å²) in [6, 6.07) is 33.5. The van der Waals surface area contributed by atoms with Gasteiger partial charge < -0.3 is 4.42 Å². The first kappa shape index (κ1) is 22.8. The van der Waals surface area contributed by atoms with Crippen molar-refractivity contribution in [2.45, 2.75) is 24.0 Å². The molecule has 0 N–H and O–H groups in total. The number of oxazole rings is 1. The van der Waals surface area contributed by atoms with Crippen LogP contribution in [0.5, 0.6) is 0 Å². The molecule has 1 aromatic heterocycles. The van der Waals surface area contributed by atoms with Gasteiger partial charge in [0.15, 0.2) is 20.8 Å². The van der Waals surface area contributed by atoms with Crippen molar-refractivity contribution < 1.29 is 12.8 Å². The van der Waals surface area contributed by atoms with E-state index in [4.69, 9.17) is 9.40 Å². The van der Waals surface area contributed by atoms with E-state index in [-0.39, 0.29) is 4.90 Å².